The van der Waals surface area contributed by atoms with E-state index in [0.29, 0.717) is 6.54 Å². The fraction of sp³-hybridized carbons (Fsp3) is 0.364. The highest BCUT2D eigenvalue weighted by Gasteiger charge is 2.09. The van der Waals surface area contributed by atoms with Crippen LogP contribution in [0.3, 0.4) is 0 Å². The highest BCUT2D eigenvalue weighted by atomic mass is 16.6. The van der Waals surface area contributed by atoms with Crippen LogP contribution < -0.4 is 15.8 Å². The number of rotatable bonds is 6. The molecule has 0 aliphatic heterocycles. The second-order valence-corrected chi connectivity index (χ2v) is 3.75. The summed E-state index contributed by atoms with van der Waals surface area (Å²) in [6, 6.07) is 5.52. The van der Waals surface area contributed by atoms with Gasteiger partial charge >= 0.3 is 0 Å². The van der Waals surface area contributed by atoms with E-state index in [1.807, 2.05) is 0 Å². The standard InChI is InChI=1S/C11H15N3O4/c1-8(6-12)13-11(15)7-18-10-4-2-3-9(5-10)14(16)17/h2-5,8H,6-7,12H2,1H3,(H,13,15)/t8-/m0/s1. The Morgan fingerprint density at radius 1 is 1.61 bits per heavy atom. The number of nitrogens with two attached hydrogens (primary N) is 1. The van der Waals surface area contributed by atoms with Crippen LogP contribution in [0.2, 0.25) is 0 Å². The van der Waals surface area contributed by atoms with Crippen molar-refractivity contribution in [1.82, 2.24) is 5.32 Å². The van der Waals surface area contributed by atoms with Crippen LogP contribution in [0.5, 0.6) is 5.75 Å². The second kappa shape index (κ2) is 6.55. The van der Waals surface area contributed by atoms with Crippen LogP contribution >= 0.6 is 0 Å². The number of carbonyl (C=O) groups excluding carboxylic acids is 1. The van der Waals surface area contributed by atoms with E-state index in [1.54, 1.807) is 13.0 Å². The van der Waals surface area contributed by atoms with Crippen molar-refractivity contribution in [3.8, 4) is 5.75 Å². The summed E-state index contributed by atoms with van der Waals surface area (Å²) in [5, 5.41) is 13.1. The minimum Gasteiger partial charge on any atom is -0.484 e. The number of ether oxygens (including phenoxy) is 1. The van der Waals surface area contributed by atoms with Gasteiger partial charge in [-0.15, -0.1) is 0 Å². The Hall–Kier alpha value is -2.15. The quantitative estimate of drug-likeness (QED) is 0.565. The first-order valence-corrected chi connectivity index (χ1v) is 5.39. The summed E-state index contributed by atoms with van der Waals surface area (Å²) in [7, 11) is 0. The summed E-state index contributed by atoms with van der Waals surface area (Å²) in [6.07, 6.45) is 0. The summed E-state index contributed by atoms with van der Waals surface area (Å²) in [6.45, 7) is 1.90. The van der Waals surface area contributed by atoms with E-state index < -0.39 is 4.92 Å². The number of benzene rings is 1. The van der Waals surface area contributed by atoms with Gasteiger partial charge in [0.15, 0.2) is 6.61 Å². The Kier molecular flexibility index (Phi) is 5.06. The minimum absolute atomic E-state index is 0.0803. The zero-order valence-electron chi connectivity index (χ0n) is 9.96. The lowest BCUT2D eigenvalue weighted by Crippen LogP contribution is -2.40. The van der Waals surface area contributed by atoms with Crippen molar-refractivity contribution in [3.63, 3.8) is 0 Å². The third-order valence-electron chi connectivity index (χ3n) is 2.16. The number of nitrogens with zero attached hydrogens (tertiary/aromatic N) is 1. The average Bonchev–Trinajstić information content (AvgIpc) is 2.36. The molecule has 0 spiro atoms. The molecule has 1 amide bonds. The molecule has 0 fully saturated rings. The molecule has 0 saturated carbocycles. The molecule has 7 nitrogen and oxygen atoms in total. The molecule has 0 radical (unpaired) electrons. The molecular weight excluding hydrogens is 238 g/mol. The van der Waals surface area contributed by atoms with E-state index in [-0.39, 0.29) is 30.0 Å². The Morgan fingerprint density at radius 3 is 2.94 bits per heavy atom. The normalized spacial score (nSPS) is 11.7. The zero-order chi connectivity index (χ0) is 13.5. The van der Waals surface area contributed by atoms with Crippen molar-refractivity contribution in [2.24, 2.45) is 5.73 Å². The van der Waals surface area contributed by atoms with Crippen LogP contribution in [-0.4, -0.2) is 30.0 Å². The van der Waals surface area contributed by atoms with Gasteiger partial charge in [0.25, 0.3) is 11.6 Å². The Morgan fingerprint density at radius 2 is 2.33 bits per heavy atom. The van der Waals surface area contributed by atoms with Crippen LogP contribution in [-0.2, 0) is 4.79 Å². The van der Waals surface area contributed by atoms with Crippen LogP contribution in [0.1, 0.15) is 6.92 Å². The van der Waals surface area contributed by atoms with Crippen molar-refractivity contribution in [3.05, 3.63) is 34.4 Å². The van der Waals surface area contributed by atoms with E-state index in [9.17, 15) is 14.9 Å². The van der Waals surface area contributed by atoms with E-state index in [4.69, 9.17) is 10.5 Å². The number of non-ortho nitro benzene ring substituents is 1. The highest BCUT2D eigenvalue weighted by molar-refractivity contribution is 5.77. The first-order chi connectivity index (χ1) is 8.52. The summed E-state index contributed by atoms with van der Waals surface area (Å²) in [5.41, 5.74) is 5.27. The number of nitro groups is 1. The van der Waals surface area contributed by atoms with E-state index in [0.717, 1.165) is 0 Å². The largest absolute Gasteiger partial charge is 0.484 e. The first-order valence-electron chi connectivity index (χ1n) is 5.39. The van der Waals surface area contributed by atoms with Gasteiger partial charge in [-0.05, 0) is 13.0 Å². The molecule has 0 aliphatic rings. The molecule has 0 heterocycles. The van der Waals surface area contributed by atoms with Gasteiger partial charge in [-0.1, -0.05) is 6.07 Å². The van der Waals surface area contributed by atoms with Crippen molar-refractivity contribution in [2.75, 3.05) is 13.2 Å². The predicted molar refractivity (Wildman–Crippen MR) is 65.3 cm³/mol. The Labute approximate surface area is 104 Å². The molecule has 7 heteroatoms. The van der Waals surface area contributed by atoms with Gasteiger partial charge in [-0.2, -0.15) is 0 Å². The number of amides is 1. The van der Waals surface area contributed by atoms with E-state index >= 15 is 0 Å². The van der Waals surface area contributed by atoms with Crippen molar-refractivity contribution in [1.29, 1.82) is 0 Å². The fourth-order valence-corrected chi connectivity index (χ4v) is 1.21. The minimum atomic E-state index is -0.524. The van der Waals surface area contributed by atoms with Crippen molar-refractivity contribution < 1.29 is 14.5 Å². The summed E-state index contributed by atoms with van der Waals surface area (Å²) in [5.74, 6) is -0.0424. The molecule has 1 atom stereocenters. The number of hydrogen-bond acceptors (Lipinski definition) is 5. The molecule has 0 aromatic heterocycles. The smallest absolute Gasteiger partial charge is 0.273 e. The van der Waals surface area contributed by atoms with Crippen molar-refractivity contribution in [2.45, 2.75) is 13.0 Å². The van der Waals surface area contributed by atoms with Crippen LogP contribution in [0.25, 0.3) is 0 Å². The van der Waals surface area contributed by atoms with Crippen LogP contribution in [0.4, 0.5) is 5.69 Å². The van der Waals surface area contributed by atoms with Gasteiger partial charge < -0.3 is 15.8 Å². The van der Waals surface area contributed by atoms with Gasteiger partial charge in [0.05, 0.1) is 11.0 Å². The lowest BCUT2D eigenvalue weighted by molar-refractivity contribution is -0.384. The predicted octanol–water partition coefficient (Wildman–Crippen LogP) is 0.437. The third-order valence-corrected chi connectivity index (χ3v) is 2.16. The molecule has 18 heavy (non-hydrogen) atoms. The van der Waals surface area contributed by atoms with Gasteiger partial charge in [0.2, 0.25) is 0 Å². The molecule has 0 bridgehead atoms. The van der Waals surface area contributed by atoms with Gasteiger partial charge in [0.1, 0.15) is 5.75 Å². The maximum Gasteiger partial charge on any atom is 0.273 e. The zero-order valence-corrected chi connectivity index (χ0v) is 9.96. The molecule has 1 aromatic carbocycles. The maximum absolute atomic E-state index is 11.4. The van der Waals surface area contributed by atoms with Crippen LogP contribution in [0.15, 0.2) is 24.3 Å². The maximum atomic E-state index is 11.4. The molecule has 3 N–H and O–H groups in total. The number of nitro benzene ring substituents is 1. The lowest BCUT2D eigenvalue weighted by Gasteiger charge is -2.11. The first kappa shape index (κ1) is 13.9. The lowest BCUT2D eigenvalue weighted by atomic mass is 10.3. The molecule has 98 valence electrons. The Balaban J connectivity index is 2.50. The summed E-state index contributed by atoms with van der Waals surface area (Å²) < 4.78 is 5.15. The average molecular weight is 253 g/mol. The highest BCUT2D eigenvalue weighted by Crippen LogP contribution is 2.18. The summed E-state index contributed by atoms with van der Waals surface area (Å²) >= 11 is 0. The number of nitrogens with one attached hydrogen (secondary N) is 1. The fourth-order valence-electron chi connectivity index (χ4n) is 1.21. The van der Waals surface area contributed by atoms with E-state index in [2.05, 4.69) is 5.32 Å². The van der Waals surface area contributed by atoms with Crippen molar-refractivity contribution >= 4 is 11.6 Å². The van der Waals surface area contributed by atoms with Gasteiger partial charge in [-0.3, -0.25) is 14.9 Å². The van der Waals surface area contributed by atoms with Gasteiger partial charge in [-0.25, -0.2) is 0 Å². The second-order valence-electron chi connectivity index (χ2n) is 3.75. The molecule has 0 aliphatic carbocycles. The van der Waals surface area contributed by atoms with E-state index in [1.165, 1.54) is 18.2 Å². The Bertz CT molecular complexity index is 436. The number of hydrogen-bond donors (Lipinski definition) is 2. The third kappa shape index (κ3) is 4.38. The SMILES string of the molecule is C[C@@H](CN)NC(=O)COc1cccc([N+](=O)[O-])c1. The summed E-state index contributed by atoms with van der Waals surface area (Å²) in [4.78, 5) is 21.4. The molecule has 1 aromatic rings. The molecule has 0 saturated heterocycles. The number of carbonyl (C=O) groups is 1. The van der Waals surface area contributed by atoms with Crippen LogP contribution in [0, 0.1) is 10.1 Å². The molecular formula is C11H15N3O4. The van der Waals surface area contributed by atoms with Gasteiger partial charge in [0, 0.05) is 18.7 Å². The topological polar surface area (TPSA) is 107 Å². The molecule has 1 rings (SSSR count). The molecule has 0 unspecified atom stereocenters. The monoisotopic (exact) mass is 253 g/mol.